The van der Waals surface area contributed by atoms with E-state index in [0.717, 1.165) is 11.6 Å². The van der Waals surface area contributed by atoms with Gasteiger partial charge in [0.05, 0.1) is 6.10 Å². The van der Waals surface area contributed by atoms with Gasteiger partial charge in [-0.05, 0) is 31.8 Å². The van der Waals surface area contributed by atoms with Crippen molar-refractivity contribution in [2.45, 2.75) is 12.6 Å². The van der Waals surface area contributed by atoms with E-state index in [9.17, 15) is 5.11 Å². The van der Waals surface area contributed by atoms with E-state index < -0.39 is 0 Å². The van der Waals surface area contributed by atoms with E-state index in [1.165, 1.54) is 5.56 Å². The third-order valence-electron chi connectivity index (χ3n) is 2.33. The molecule has 1 atom stereocenters. The molecule has 90 valence electrons. The quantitative estimate of drug-likeness (QED) is 0.791. The van der Waals surface area contributed by atoms with Crippen LogP contribution in [0, 0.1) is 0 Å². The largest absolute Gasteiger partial charge is 0.390 e. The van der Waals surface area contributed by atoms with Gasteiger partial charge in [-0.3, -0.25) is 4.90 Å². The van der Waals surface area contributed by atoms with Crippen LogP contribution in [-0.4, -0.2) is 43.3 Å². The minimum atomic E-state index is -0.331. The third-order valence-corrected chi connectivity index (χ3v) is 2.58. The average Bonchev–Trinajstić information content (AvgIpc) is 2.21. The fourth-order valence-corrected chi connectivity index (χ4v) is 1.75. The van der Waals surface area contributed by atoms with Crippen LogP contribution in [0.5, 0.6) is 0 Å². The highest BCUT2D eigenvalue weighted by Gasteiger charge is 2.07. The Morgan fingerprint density at radius 1 is 1.38 bits per heavy atom. The van der Waals surface area contributed by atoms with Crippen molar-refractivity contribution < 1.29 is 5.11 Å². The highest BCUT2D eigenvalue weighted by atomic mass is 35.5. The van der Waals surface area contributed by atoms with Gasteiger partial charge < -0.3 is 10.4 Å². The van der Waals surface area contributed by atoms with E-state index in [-0.39, 0.29) is 6.10 Å². The lowest BCUT2D eigenvalue weighted by molar-refractivity contribution is 0.123. The Bertz CT molecular complexity index is 302. The molecule has 0 radical (unpaired) electrons. The van der Waals surface area contributed by atoms with Crippen molar-refractivity contribution in [3.63, 3.8) is 0 Å². The monoisotopic (exact) mass is 242 g/mol. The molecular weight excluding hydrogens is 224 g/mol. The minimum absolute atomic E-state index is 0.331. The second-order valence-corrected chi connectivity index (χ2v) is 4.47. The summed E-state index contributed by atoms with van der Waals surface area (Å²) in [5.74, 6) is 0. The van der Waals surface area contributed by atoms with Crippen molar-refractivity contribution in [3.8, 4) is 0 Å². The Labute approximate surface area is 102 Å². The Kier molecular flexibility index (Phi) is 5.77. The van der Waals surface area contributed by atoms with Crippen LogP contribution in [0.1, 0.15) is 5.56 Å². The molecule has 0 amide bonds. The zero-order valence-electron chi connectivity index (χ0n) is 9.78. The number of rotatable bonds is 6. The van der Waals surface area contributed by atoms with Crippen molar-refractivity contribution in [1.29, 1.82) is 0 Å². The summed E-state index contributed by atoms with van der Waals surface area (Å²) in [7, 11) is 3.83. The molecule has 2 N–H and O–H groups in total. The molecule has 3 nitrogen and oxygen atoms in total. The van der Waals surface area contributed by atoms with Gasteiger partial charge in [0, 0.05) is 24.7 Å². The van der Waals surface area contributed by atoms with E-state index in [2.05, 4.69) is 10.2 Å². The van der Waals surface area contributed by atoms with Gasteiger partial charge in [-0.2, -0.15) is 0 Å². The predicted octanol–water partition coefficient (Wildman–Crippen LogP) is 1.35. The van der Waals surface area contributed by atoms with Crippen molar-refractivity contribution in [1.82, 2.24) is 10.2 Å². The summed E-state index contributed by atoms with van der Waals surface area (Å²) in [6, 6.07) is 7.77. The number of likely N-dealkylation sites (N-methyl/N-ethyl adjacent to an activating group) is 2. The lowest BCUT2D eigenvalue weighted by Crippen LogP contribution is -2.35. The van der Waals surface area contributed by atoms with Crippen LogP contribution in [-0.2, 0) is 6.54 Å². The van der Waals surface area contributed by atoms with Gasteiger partial charge in [-0.15, -0.1) is 0 Å². The zero-order chi connectivity index (χ0) is 12.0. The topological polar surface area (TPSA) is 35.5 Å². The standard InChI is InChI=1S/C12H19ClN2O/c1-14-7-12(16)9-15(2)8-10-3-5-11(13)6-4-10/h3-6,12,14,16H,7-9H2,1-2H3. The molecule has 16 heavy (non-hydrogen) atoms. The first kappa shape index (κ1) is 13.5. The Balaban J connectivity index is 2.39. The molecule has 0 heterocycles. The van der Waals surface area contributed by atoms with E-state index in [0.29, 0.717) is 13.1 Å². The van der Waals surface area contributed by atoms with Crippen LogP contribution < -0.4 is 5.32 Å². The minimum Gasteiger partial charge on any atom is -0.390 e. The number of nitrogens with one attached hydrogen (secondary N) is 1. The number of benzene rings is 1. The summed E-state index contributed by atoms with van der Waals surface area (Å²) in [6.07, 6.45) is -0.331. The van der Waals surface area contributed by atoms with Gasteiger partial charge in [-0.25, -0.2) is 0 Å². The molecule has 0 aliphatic heterocycles. The molecule has 0 saturated carbocycles. The van der Waals surface area contributed by atoms with Crippen LogP contribution in [0.25, 0.3) is 0 Å². The normalized spacial score (nSPS) is 13.1. The maximum atomic E-state index is 9.62. The van der Waals surface area contributed by atoms with Crippen LogP contribution in [0.2, 0.25) is 5.02 Å². The smallest absolute Gasteiger partial charge is 0.0791 e. The van der Waals surface area contributed by atoms with Crippen molar-refractivity contribution in [2.24, 2.45) is 0 Å². The molecular formula is C12H19ClN2O. The van der Waals surface area contributed by atoms with Crippen LogP contribution in [0.3, 0.4) is 0 Å². The highest BCUT2D eigenvalue weighted by Crippen LogP contribution is 2.10. The van der Waals surface area contributed by atoms with Crippen LogP contribution in [0.15, 0.2) is 24.3 Å². The molecule has 4 heteroatoms. The van der Waals surface area contributed by atoms with E-state index >= 15 is 0 Å². The molecule has 1 rings (SSSR count). The molecule has 0 aromatic heterocycles. The summed E-state index contributed by atoms with van der Waals surface area (Å²) in [6.45, 7) is 2.09. The van der Waals surface area contributed by atoms with Crippen LogP contribution in [0.4, 0.5) is 0 Å². The summed E-state index contributed by atoms with van der Waals surface area (Å²) in [5, 5.41) is 13.3. The SMILES string of the molecule is CNCC(O)CN(C)Cc1ccc(Cl)cc1. The van der Waals surface area contributed by atoms with Gasteiger partial charge in [0.2, 0.25) is 0 Å². The number of nitrogens with zero attached hydrogens (tertiary/aromatic N) is 1. The van der Waals surface area contributed by atoms with Crippen molar-refractivity contribution in [2.75, 3.05) is 27.2 Å². The molecule has 0 spiro atoms. The van der Waals surface area contributed by atoms with Gasteiger partial charge in [-0.1, -0.05) is 23.7 Å². The molecule has 1 aromatic carbocycles. The lowest BCUT2D eigenvalue weighted by Gasteiger charge is -2.20. The molecule has 0 fully saturated rings. The summed E-state index contributed by atoms with van der Waals surface area (Å²) in [5.41, 5.74) is 1.20. The van der Waals surface area contributed by atoms with Crippen molar-refractivity contribution >= 4 is 11.6 Å². The van der Waals surface area contributed by atoms with E-state index in [4.69, 9.17) is 11.6 Å². The maximum absolute atomic E-state index is 9.62. The second kappa shape index (κ2) is 6.86. The summed E-state index contributed by atoms with van der Waals surface area (Å²) >= 11 is 5.81. The van der Waals surface area contributed by atoms with Gasteiger partial charge in [0.15, 0.2) is 0 Å². The van der Waals surface area contributed by atoms with E-state index in [1.807, 2.05) is 38.4 Å². The average molecular weight is 243 g/mol. The third kappa shape index (κ3) is 4.94. The number of hydrogen-bond donors (Lipinski definition) is 2. The summed E-state index contributed by atoms with van der Waals surface area (Å²) in [4.78, 5) is 2.09. The zero-order valence-corrected chi connectivity index (χ0v) is 10.5. The number of halogens is 1. The predicted molar refractivity (Wildman–Crippen MR) is 67.7 cm³/mol. The van der Waals surface area contributed by atoms with Gasteiger partial charge in [0.25, 0.3) is 0 Å². The fraction of sp³-hybridized carbons (Fsp3) is 0.500. The second-order valence-electron chi connectivity index (χ2n) is 4.03. The first-order valence-electron chi connectivity index (χ1n) is 5.37. The molecule has 1 aromatic rings. The Hall–Kier alpha value is -0.610. The number of aliphatic hydroxyl groups is 1. The van der Waals surface area contributed by atoms with Crippen LogP contribution >= 0.6 is 11.6 Å². The molecule has 0 saturated heterocycles. The molecule has 0 bridgehead atoms. The van der Waals surface area contributed by atoms with Crippen molar-refractivity contribution in [3.05, 3.63) is 34.9 Å². The summed E-state index contributed by atoms with van der Waals surface area (Å²) < 4.78 is 0. The van der Waals surface area contributed by atoms with Gasteiger partial charge in [0.1, 0.15) is 0 Å². The van der Waals surface area contributed by atoms with Gasteiger partial charge >= 0.3 is 0 Å². The number of hydrogen-bond acceptors (Lipinski definition) is 3. The Morgan fingerprint density at radius 2 is 2.00 bits per heavy atom. The first-order chi connectivity index (χ1) is 7.61. The first-order valence-corrected chi connectivity index (χ1v) is 5.75. The molecule has 0 aliphatic rings. The van der Waals surface area contributed by atoms with E-state index in [1.54, 1.807) is 0 Å². The lowest BCUT2D eigenvalue weighted by atomic mass is 10.2. The number of aliphatic hydroxyl groups excluding tert-OH is 1. The molecule has 1 unspecified atom stereocenters. The Morgan fingerprint density at radius 3 is 2.56 bits per heavy atom. The fourth-order valence-electron chi connectivity index (χ4n) is 1.63. The molecule has 0 aliphatic carbocycles. The maximum Gasteiger partial charge on any atom is 0.0791 e. The highest BCUT2D eigenvalue weighted by molar-refractivity contribution is 6.30.